The van der Waals surface area contributed by atoms with Crippen molar-refractivity contribution in [1.82, 2.24) is 13.7 Å². The van der Waals surface area contributed by atoms with Crippen molar-refractivity contribution in [2.75, 3.05) is 0 Å². The van der Waals surface area contributed by atoms with Crippen LogP contribution in [0.25, 0.3) is 93.6 Å². The molecule has 6 heteroatoms. The van der Waals surface area contributed by atoms with E-state index in [9.17, 15) is 0 Å². The highest BCUT2D eigenvalue weighted by molar-refractivity contribution is 6.98. The van der Waals surface area contributed by atoms with Gasteiger partial charge in [0.25, 0.3) is 6.71 Å². The third-order valence-corrected chi connectivity index (χ3v) is 17.0. The quantitative estimate of drug-likeness (QED) is 0.165. The lowest BCUT2D eigenvalue weighted by atomic mass is 9.35. The summed E-state index contributed by atoms with van der Waals surface area (Å²) in [5.41, 5.74) is 19.6. The van der Waals surface area contributed by atoms with E-state index in [4.69, 9.17) is 9.47 Å². The Morgan fingerprint density at radius 3 is 1.28 bits per heavy atom. The Balaban J connectivity index is 0.950. The van der Waals surface area contributed by atoms with Gasteiger partial charge in [-0.2, -0.15) is 0 Å². The number of hydrogen-bond donors (Lipinski definition) is 0. The molecule has 0 unspecified atom stereocenters. The van der Waals surface area contributed by atoms with E-state index in [0.29, 0.717) is 0 Å². The van der Waals surface area contributed by atoms with Crippen molar-refractivity contribution in [3.05, 3.63) is 217 Å². The van der Waals surface area contributed by atoms with E-state index in [1.165, 1.54) is 71.1 Å². The molecule has 0 N–H and O–H groups in total. The Bertz CT molecular complexity index is 4520. The van der Waals surface area contributed by atoms with Gasteiger partial charge >= 0.3 is 0 Å². The molecule has 0 aliphatic carbocycles. The van der Waals surface area contributed by atoms with E-state index in [1.807, 2.05) is 0 Å². The van der Waals surface area contributed by atoms with Gasteiger partial charge in [0.1, 0.15) is 23.0 Å². The monoisotopic (exact) mass is 1010 g/mol. The first kappa shape index (κ1) is 46.6. The maximum absolute atomic E-state index is 7.14. The smallest absolute Gasteiger partial charge is 0.260 e. The molecule has 0 saturated carbocycles. The molecular weight excluding hydrogens is 950 g/mol. The van der Waals surface area contributed by atoms with Crippen molar-refractivity contribution in [3.8, 4) is 51.2 Å². The van der Waals surface area contributed by atoms with Crippen molar-refractivity contribution in [2.45, 2.75) is 78.6 Å². The zero-order valence-corrected chi connectivity index (χ0v) is 45.8. The summed E-state index contributed by atoms with van der Waals surface area (Å²) in [6.45, 7) is 20.7. The van der Waals surface area contributed by atoms with Gasteiger partial charge in [-0.15, -0.1) is 0 Å². The number of benzene rings is 10. The second-order valence-electron chi connectivity index (χ2n) is 25.0. The predicted molar refractivity (Wildman–Crippen MR) is 329 cm³/mol. The van der Waals surface area contributed by atoms with Crippen LogP contribution in [-0.4, -0.2) is 20.4 Å². The fourth-order valence-corrected chi connectivity index (χ4v) is 13.0. The number of aromatic nitrogens is 3. The zero-order valence-electron chi connectivity index (χ0n) is 45.8. The summed E-state index contributed by atoms with van der Waals surface area (Å²) >= 11 is 0. The zero-order chi connectivity index (χ0) is 53.1. The van der Waals surface area contributed by atoms with Crippen molar-refractivity contribution < 1.29 is 9.47 Å². The van der Waals surface area contributed by atoms with Crippen LogP contribution in [0, 0.1) is 0 Å². The lowest BCUT2D eigenvalue weighted by Gasteiger charge is -2.33. The summed E-state index contributed by atoms with van der Waals surface area (Å²) in [4.78, 5) is 0. The first-order valence-corrected chi connectivity index (χ1v) is 27.6. The lowest BCUT2D eigenvalue weighted by molar-refractivity contribution is 0.464. The van der Waals surface area contributed by atoms with Crippen LogP contribution < -0.4 is 25.9 Å². The maximum Gasteiger partial charge on any atom is 0.260 e. The third kappa shape index (κ3) is 6.88. The number of para-hydroxylation sites is 4. The van der Waals surface area contributed by atoms with Gasteiger partial charge in [0, 0.05) is 55.1 Å². The van der Waals surface area contributed by atoms with Crippen molar-refractivity contribution in [3.63, 3.8) is 0 Å². The summed E-state index contributed by atoms with van der Waals surface area (Å²) < 4.78 is 21.6. The van der Waals surface area contributed by atoms with Gasteiger partial charge in [-0.25, -0.2) is 0 Å². The summed E-state index contributed by atoms with van der Waals surface area (Å²) in [7, 11) is 0. The van der Waals surface area contributed by atoms with Gasteiger partial charge in [-0.1, -0.05) is 172 Å². The molecular formula is C72H60BN3O2. The SMILES string of the molecule is CC(C)(C)c1cc(-c2ccc3c(c2)Oc2cccc4c2B3c2ccc(-n3c5ccc(C(C)(C)C)cc5c5cc(C(C)(C)C)ccc53)cc2O4)c(-n2c3ccccc3c3ccccc32)c(-n2c3ccccc3c3ccccc32)c1. The number of fused-ring (bicyclic) bond motifs is 13. The molecule has 0 saturated heterocycles. The van der Waals surface area contributed by atoms with Crippen LogP contribution in [0.5, 0.6) is 23.0 Å². The van der Waals surface area contributed by atoms with Crippen molar-refractivity contribution in [2.24, 2.45) is 0 Å². The highest BCUT2D eigenvalue weighted by Gasteiger charge is 2.41. The van der Waals surface area contributed by atoms with Gasteiger partial charge in [0.05, 0.1) is 44.5 Å². The normalized spacial score (nSPS) is 13.4. The van der Waals surface area contributed by atoms with E-state index in [0.717, 1.165) is 78.6 Å². The molecule has 5 nitrogen and oxygen atoms in total. The summed E-state index contributed by atoms with van der Waals surface area (Å²) in [6, 6.07) is 74.5. The molecule has 2 aliphatic rings. The van der Waals surface area contributed by atoms with Crippen LogP contribution in [0.2, 0.25) is 0 Å². The van der Waals surface area contributed by atoms with Crippen LogP contribution >= 0.6 is 0 Å². The van der Waals surface area contributed by atoms with E-state index < -0.39 is 0 Å². The first-order chi connectivity index (χ1) is 37.6. The minimum atomic E-state index is -0.184. The molecule has 0 spiro atoms. The second kappa shape index (κ2) is 16.4. The summed E-state index contributed by atoms with van der Waals surface area (Å²) in [5.74, 6) is 3.35. The van der Waals surface area contributed by atoms with Crippen LogP contribution in [0.15, 0.2) is 200 Å². The van der Waals surface area contributed by atoms with Crippen LogP contribution in [0.1, 0.15) is 79.0 Å². The van der Waals surface area contributed by atoms with Gasteiger partial charge in [0.2, 0.25) is 0 Å². The topological polar surface area (TPSA) is 33.2 Å². The third-order valence-electron chi connectivity index (χ3n) is 17.0. The van der Waals surface area contributed by atoms with Gasteiger partial charge in [0.15, 0.2) is 0 Å². The lowest BCUT2D eigenvalue weighted by Crippen LogP contribution is -2.57. The van der Waals surface area contributed by atoms with Crippen molar-refractivity contribution in [1.29, 1.82) is 0 Å². The second-order valence-corrected chi connectivity index (χ2v) is 25.0. The molecule has 0 atom stereocenters. The number of ether oxygens (including phenoxy) is 2. The molecule has 0 amide bonds. The number of nitrogens with zero attached hydrogens (tertiary/aromatic N) is 3. The van der Waals surface area contributed by atoms with Gasteiger partial charge in [-0.05, 0) is 134 Å². The van der Waals surface area contributed by atoms with Crippen LogP contribution in [0.3, 0.4) is 0 Å². The fourth-order valence-electron chi connectivity index (χ4n) is 13.0. The average Bonchev–Trinajstić information content (AvgIpc) is 4.20. The molecule has 0 bridgehead atoms. The largest absolute Gasteiger partial charge is 0.458 e. The van der Waals surface area contributed by atoms with Crippen molar-refractivity contribution >= 4 is 88.5 Å². The average molecular weight is 1010 g/mol. The van der Waals surface area contributed by atoms with Gasteiger partial charge < -0.3 is 23.2 Å². The minimum Gasteiger partial charge on any atom is -0.458 e. The Hall–Kier alpha value is -8.74. The summed E-state index contributed by atoms with van der Waals surface area (Å²) in [5, 5.41) is 7.43. The van der Waals surface area contributed by atoms with E-state index >= 15 is 0 Å². The van der Waals surface area contributed by atoms with Crippen LogP contribution in [0.4, 0.5) is 0 Å². The Kier molecular flexibility index (Phi) is 9.78. The highest BCUT2D eigenvalue weighted by atomic mass is 16.5. The Morgan fingerprint density at radius 1 is 0.333 bits per heavy atom. The molecule has 78 heavy (non-hydrogen) atoms. The van der Waals surface area contributed by atoms with E-state index in [2.05, 4.69) is 276 Å². The molecule has 15 rings (SSSR count). The first-order valence-electron chi connectivity index (χ1n) is 27.6. The maximum atomic E-state index is 7.14. The van der Waals surface area contributed by atoms with E-state index in [-0.39, 0.29) is 23.0 Å². The minimum absolute atomic E-state index is 0.0123. The van der Waals surface area contributed by atoms with Gasteiger partial charge in [-0.3, -0.25) is 0 Å². The molecule has 13 aromatic rings. The van der Waals surface area contributed by atoms with E-state index in [1.54, 1.807) is 0 Å². The molecule has 5 heterocycles. The fraction of sp³-hybridized carbons (Fsp3) is 0.167. The predicted octanol–water partition coefficient (Wildman–Crippen LogP) is 17.3. The number of rotatable bonds is 4. The molecule has 378 valence electrons. The molecule has 0 fully saturated rings. The molecule has 10 aromatic carbocycles. The van der Waals surface area contributed by atoms with Crippen LogP contribution in [-0.2, 0) is 16.2 Å². The molecule has 2 aliphatic heterocycles. The standard InChI is InChI=1S/C72H60BN3O2/c1-70(2,3)44-30-35-61-53(38-44)54-39-45(71(4,5)6)31-36-62(54)74(61)47-32-34-56-67(42-47)78-65-28-18-27-64-68(65)73(56)55-33-29-43(37-66(55)77-64)52-40-46(72(7,8)9)41-63(75-57-23-14-10-19-48(57)49-20-11-15-24-58(49)75)69(52)76-59-25-16-12-21-50(59)51-22-13-17-26-60(51)76/h10-42H,1-9H3. The summed E-state index contributed by atoms with van der Waals surface area (Å²) in [6.07, 6.45) is 0. The number of hydrogen-bond acceptors (Lipinski definition) is 2. The highest BCUT2D eigenvalue weighted by Crippen LogP contribution is 2.46. The molecule has 3 aromatic heterocycles. The Labute approximate surface area is 456 Å². The Morgan fingerprint density at radius 2 is 0.782 bits per heavy atom. The molecule has 0 radical (unpaired) electrons.